The molecular weight excluding hydrogens is 368 g/mol. The van der Waals surface area contributed by atoms with Crippen LogP contribution in [0, 0.1) is 23.2 Å². The van der Waals surface area contributed by atoms with Gasteiger partial charge in [-0.3, -0.25) is 9.59 Å². The fraction of sp³-hybridized carbons (Fsp3) is 0.652. The largest absolute Gasteiger partial charge is 0.340 e. The highest BCUT2D eigenvalue weighted by Crippen LogP contribution is 2.60. The van der Waals surface area contributed by atoms with E-state index in [9.17, 15) is 9.59 Å². The number of hydrogen-bond acceptors (Lipinski definition) is 3. The summed E-state index contributed by atoms with van der Waals surface area (Å²) in [5, 5.41) is 0. The van der Waals surface area contributed by atoms with Crippen LogP contribution in [0.3, 0.4) is 0 Å². The molecule has 0 aromatic heterocycles. The molecule has 1 saturated heterocycles. The zero-order valence-corrected chi connectivity index (χ0v) is 17.4. The van der Waals surface area contributed by atoms with E-state index in [0.717, 1.165) is 54.9 Å². The molecule has 0 unspecified atom stereocenters. The summed E-state index contributed by atoms with van der Waals surface area (Å²) in [6.07, 6.45) is 8.28. The first kappa shape index (κ1) is 18.5. The van der Waals surface area contributed by atoms with Crippen LogP contribution in [0.15, 0.2) is 29.2 Å². The minimum Gasteiger partial charge on any atom is -0.340 e. The Morgan fingerprint density at radius 3 is 2.07 bits per heavy atom. The Hall–Kier alpha value is -1.49. The van der Waals surface area contributed by atoms with Crippen LogP contribution >= 0.6 is 12.6 Å². The summed E-state index contributed by atoms with van der Waals surface area (Å²) in [5.74, 6) is 2.79. The Kier molecular flexibility index (Phi) is 4.69. The monoisotopic (exact) mass is 398 g/mol. The van der Waals surface area contributed by atoms with Crippen molar-refractivity contribution in [2.24, 2.45) is 23.2 Å². The number of thiol groups is 1. The fourth-order valence-electron chi connectivity index (χ4n) is 6.86. The number of benzene rings is 1. The minimum absolute atomic E-state index is 0.0368. The molecule has 2 amide bonds. The smallest absolute Gasteiger partial charge is 0.255 e. The lowest BCUT2D eigenvalue weighted by Gasteiger charge is -2.56. The minimum atomic E-state index is -0.0778. The zero-order chi connectivity index (χ0) is 19.3. The molecular formula is C23H30N2O2S. The molecule has 0 atom stereocenters. The SMILES string of the molecule is O=C(c1ccccc1S)N1CCCN(C(=O)C23CC4CC(CC(C4)C2)C3)CC1. The lowest BCUT2D eigenvalue weighted by atomic mass is 9.49. The zero-order valence-electron chi connectivity index (χ0n) is 16.5. The van der Waals surface area contributed by atoms with E-state index in [4.69, 9.17) is 0 Å². The second-order valence-corrected chi connectivity index (χ2v) is 10.1. The molecule has 1 aromatic rings. The van der Waals surface area contributed by atoms with Gasteiger partial charge < -0.3 is 9.80 Å². The van der Waals surface area contributed by atoms with Crippen molar-refractivity contribution in [3.63, 3.8) is 0 Å². The van der Waals surface area contributed by atoms with Gasteiger partial charge in [-0.1, -0.05) is 12.1 Å². The van der Waals surface area contributed by atoms with E-state index >= 15 is 0 Å². The average Bonchev–Trinajstić information content (AvgIpc) is 2.92. The van der Waals surface area contributed by atoms with Gasteiger partial charge in [0.05, 0.1) is 11.0 Å². The maximum atomic E-state index is 13.6. The lowest BCUT2D eigenvalue weighted by molar-refractivity contribution is -0.157. The third kappa shape index (κ3) is 3.16. The van der Waals surface area contributed by atoms with Gasteiger partial charge in [-0.05, 0) is 74.8 Å². The molecule has 1 heterocycles. The van der Waals surface area contributed by atoms with Crippen molar-refractivity contribution in [3.8, 4) is 0 Å². The molecule has 5 fully saturated rings. The quantitative estimate of drug-likeness (QED) is 0.769. The summed E-state index contributed by atoms with van der Waals surface area (Å²) in [4.78, 5) is 31.3. The van der Waals surface area contributed by atoms with E-state index in [-0.39, 0.29) is 11.3 Å². The van der Waals surface area contributed by atoms with Crippen molar-refractivity contribution in [1.29, 1.82) is 0 Å². The second-order valence-electron chi connectivity index (χ2n) is 9.65. The van der Waals surface area contributed by atoms with E-state index in [0.29, 0.717) is 31.1 Å². The van der Waals surface area contributed by atoms with Gasteiger partial charge in [-0.15, -0.1) is 12.6 Å². The van der Waals surface area contributed by atoms with Gasteiger partial charge in [0.25, 0.3) is 5.91 Å². The Morgan fingerprint density at radius 1 is 0.857 bits per heavy atom. The molecule has 28 heavy (non-hydrogen) atoms. The maximum absolute atomic E-state index is 13.6. The Balaban J connectivity index is 1.28. The third-order valence-electron chi connectivity index (χ3n) is 7.70. The van der Waals surface area contributed by atoms with Crippen LogP contribution in [0.5, 0.6) is 0 Å². The summed E-state index contributed by atoms with van der Waals surface area (Å²) in [5.41, 5.74) is 0.581. The van der Waals surface area contributed by atoms with Crippen LogP contribution in [0.25, 0.3) is 0 Å². The van der Waals surface area contributed by atoms with Gasteiger partial charge in [0.2, 0.25) is 5.91 Å². The molecule has 5 heteroatoms. The second kappa shape index (κ2) is 7.08. The molecule has 4 bridgehead atoms. The number of carbonyl (C=O) groups excluding carboxylic acids is 2. The molecule has 4 saturated carbocycles. The van der Waals surface area contributed by atoms with Crippen molar-refractivity contribution in [1.82, 2.24) is 9.80 Å². The lowest BCUT2D eigenvalue weighted by Crippen LogP contribution is -2.55. The van der Waals surface area contributed by atoms with Crippen LogP contribution < -0.4 is 0 Å². The van der Waals surface area contributed by atoms with Gasteiger partial charge in [0.15, 0.2) is 0 Å². The first-order valence-electron chi connectivity index (χ1n) is 10.9. The van der Waals surface area contributed by atoms with Gasteiger partial charge in [0.1, 0.15) is 0 Å². The van der Waals surface area contributed by atoms with Gasteiger partial charge >= 0.3 is 0 Å². The highest BCUT2D eigenvalue weighted by atomic mass is 32.1. The van der Waals surface area contributed by atoms with Crippen LogP contribution in [0.4, 0.5) is 0 Å². The standard InChI is InChI=1S/C23H30N2O2S/c26-21(19-4-1-2-5-20(19)28)24-6-3-7-25(9-8-24)22(27)23-13-16-10-17(14-23)12-18(11-16)15-23/h1-2,4-5,16-18,28H,3,6-15H2. The normalized spacial score (nSPS) is 34.4. The summed E-state index contributed by atoms with van der Waals surface area (Å²) < 4.78 is 0. The van der Waals surface area contributed by atoms with E-state index in [1.807, 2.05) is 29.2 Å². The molecule has 1 aromatic carbocycles. The molecule has 0 radical (unpaired) electrons. The van der Waals surface area contributed by atoms with Crippen LogP contribution in [-0.2, 0) is 4.79 Å². The number of nitrogens with zero attached hydrogens (tertiary/aromatic N) is 2. The maximum Gasteiger partial charge on any atom is 0.255 e. The first-order valence-corrected chi connectivity index (χ1v) is 11.4. The van der Waals surface area contributed by atoms with E-state index in [1.54, 1.807) is 0 Å². The average molecular weight is 399 g/mol. The van der Waals surface area contributed by atoms with E-state index in [1.165, 1.54) is 19.3 Å². The van der Waals surface area contributed by atoms with Crippen LogP contribution in [0.1, 0.15) is 55.3 Å². The van der Waals surface area contributed by atoms with Crippen molar-refractivity contribution in [2.45, 2.75) is 49.8 Å². The summed E-state index contributed by atoms with van der Waals surface area (Å²) in [6, 6.07) is 7.48. The molecule has 150 valence electrons. The Bertz CT molecular complexity index is 757. The highest BCUT2D eigenvalue weighted by Gasteiger charge is 2.55. The van der Waals surface area contributed by atoms with E-state index in [2.05, 4.69) is 17.5 Å². The van der Waals surface area contributed by atoms with Crippen molar-refractivity contribution >= 4 is 24.4 Å². The Labute approximate surface area is 173 Å². The Morgan fingerprint density at radius 2 is 1.43 bits per heavy atom. The molecule has 4 nitrogen and oxygen atoms in total. The van der Waals surface area contributed by atoms with Gasteiger partial charge in [-0.2, -0.15) is 0 Å². The number of rotatable bonds is 2. The topological polar surface area (TPSA) is 40.6 Å². The summed E-state index contributed by atoms with van der Waals surface area (Å²) in [7, 11) is 0. The number of carbonyl (C=O) groups is 2. The highest BCUT2D eigenvalue weighted by molar-refractivity contribution is 7.80. The molecule has 4 aliphatic carbocycles. The third-order valence-corrected chi connectivity index (χ3v) is 8.09. The molecule has 5 aliphatic rings. The number of amides is 2. The molecule has 0 spiro atoms. The van der Waals surface area contributed by atoms with Crippen LogP contribution in [0.2, 0.25) is 0 Å². The van der Waals surface area contributed by atoms with Crippen molar-refractivity contribution in [2.75, 3.05) is 26.2 Å². The van der Waals surface area contributed by atoms with Crippen LogP contribution in [-0.4, -0.2) is 47.8 Å². The summed E-state index contributed by atoms with van der Waals surface area (Å²) in [6.45, 7) is 2.79. The molecule has 6 rings (SSSR count). The van der Waals surface area contributed by atoms with Gasteiger partial charge in [0, 0.05) is 31.1 Å². The van der Waals surface area contributed by atoms with Crippen molar-refractivity contribution in [3.05, 3.63) is 29.8 Å². The van der Waals surface area contributed by atoms with Crippen molar-refractivity contribution < 1.29 is 9.59 Å². The molecule has 0 N–H and O–H groups in total. The predicted molar refractivity (Wildman–Crippen MR) is 111 cm³/mol. The van der Waals surface area contributed by atoms with Gasteiger partial charge in [-0.25, -0.2) is 0 Å². The number of hydrogen-bond donors (Lipinski definition) is 1. The van der Waals surface area contributed by atoms with E-state index < -0.39 is 0 Å². The first-order chi connectivity index (χ1) is 13.5. The predicted octanol–water partition coefficient (Wildman–Crippen LogP) is 3.87. The summed E-state index contributed by atoms with van der Waals surface area (Å²) >= 11 is 4.44. The molecule has 1 aliphatic heterocycles. The fourth-order valence-corrected chi connectivity index (χ4v) is 7.11.